The number of nitrogens with one attached hydrogen (secondary N) is 1. The van der Waals surface area contributed by atoms with Crippen LogP contribution in [0.2, 0.25) is 0 Å². The van der Waals surface area contributed by atoms with Gasteiger partial charge in [-0.15, -0.1) is 11.6 Å². The van der Waals surface area contributed by atoms with E-state index in [1.807, 2.05) is 74.5 Å². The number of amides is 1. The van der Waals surface area contributed by atoms with E-state index in [0.29, 0.717) is 29.8 Å². The standard InChI is InChI=1S/C19H20ClNO3.C15H15NO2/c1-13-12-16(21-18(22)4-3-11-20)9-10-17(13)14-5-7-15(8-6-14)19(23)24-2;1-10-9-13(16)7-8-14(10)11-3-5-12(6-4-11)15(17)18-2/h5-10,12H,3-4,11H2,1-2H3,(H,21,22);3-9H,16H2,1-2H3. The van der Waals surface area contributed by atoms with E-state index in [9.17, 15) is 14.4 Å². The third kappa shape index (κ3) is 8.69. The largest absolute Gasteiger partial charge is 0.465 e. The van der Waals surface area contributed by atoms with E-state index in [0.717, 1.165) is 44.8 Å². The maximum absolute atomic E-state index is 11.8. The number of alkyl halides is 1. The van der Waals surface area contributed by atoms with Crippen molar-refractivity contribution in [3.8, 4) is 22.3 Å². The lowest BCUT2D eigenvalue weighted by Crippen LogP contribution is -2.11. The Morgan fingerprint density at radius 3 is 1.62 bits per heavy atom. The molecule has 0 aliphatic rings. The topological polar surface area (TPSA) is 108 Å². The third-order valence-corrected chi connectivity index (χ3v) is 6.80. The lowest BCUT2D eigenvalue weighted by Gasteiger charge is -2.10. The number of carbonyl (C=O) groups excluding carboxylic acids is 3. The van der Waals surface area contributed by atoms with Crippen LogP contribution in [0.5, 0.6) is 0 Å². The maximum Gasteiger partial charge on any atom is 0.337 e. The zero-order valence-corrected chi connectivity index (χ0v) is 25.0. The van der Waals surface area contributed by atoms with Crippen molar-refractivity contribution in [3.05, 3.63) is 107 Å². The molecule has 4 aromatic carbocycles. The van der Waals surface area contributed by atoms with E-state index in [1.165, 1.54) is 14.2 Å². The van der Waals surface area contributed by atoms with Crippen LogP contribution in [0.3, 0.4) is 0 Å². The van der Waals surface area contributed by atoms with Crippen LogP contribution in [-0.2, 0) is 14.3 Å². The summed E-state index contributed by atoms with van der Waals surface area (Å²) in [6.07, 6.45) is 1.08. The van der Waals surface area contributed by atoms with Crippen molar-refractivity contribution in [2.75, 3.05) is 31.2 Å². The van der Waals surface area contributed by atoms with Gasteiger partial charge in [0.05, 0.1) is 25.3 Å². The molecule has 1 amide bonds. The molecule has 0 fully saturated rings. The maximum atomic E-state index is 11.8. The van der Waals surface area contributed by atoms with Gasteiger partial charge in [0, 0.05) is 23.7 Å². The molecular formula is C34H35ClN2O5. The molecule has 0 heterocycles. The van der Waals surface area contributed by atoms with Gasteiger partial charge in [-0.25, -0.2) is 9.59 Å². The number of anilines is 2. The molecule has 8 heteroatoms. The average Bonchev–Trinajstić information content (AvgIpc) is 3.00. The molecule has 0 radical (unpaired) electrons. The second kappa shape index (κ2) is 15.4. The lowest BCUT2D eigenvalue weighted by molar-refractivity contribution is -0.116. The van der Waals surface area contributed by atoms with Gasteiger partial charge in [-0.2, -0.15) is 0 Å². The number of rotatable bonds is 8. The molecule has 0 aliphatic carbocycles. The Bertz CT molecular complexity index is 1530. The number of aryl methyl sites for hydroxylation is 2. The Balaban J connectivity index is 0.000000240. The lowest BCUT2D eigenvalue weighted by atomic mass is 9.99. The highest BCUT2D eigenvalue weighted by Crippen LogP contribution is 2.27. The van der Waals surface area contributed by atoms with E-state index < -0.39 is 0 Å². The zero-order valence-electron chi connectivity index (χ0n) is 24.2. The third-order valence-electron chi connectivity index (χ3n) is 6.53. The number of esters is 2. The first-order valence-electron chi connectivity index (χ1n) is 13.4. The number of methoxy groups -OCH3 is 2. The van der Waals surface area contributed by atoms with Gasteiger partial charge in [-0.3, -0.25) is 4.79 Å². The van der Waals surface area contributed by atoms with Gasteiger partial charge in [-0.05, 0) is 102 Å². The normalized spacial score (nSPS) is 10.2. The van der Waals surface area contributed by atoms with Crippen LogP contribution in [0.4, 0.5) is 11.4 Å². The summed E-state index contributed by atoms with van der Waals surface area (Å²) >= 11 is 5.59. The van der Waals surface area contributed by atoms with Crippen molar-refractivity contribution in [3.63, 3.8) is 0 Å². The monoisotopic (exact) mass is 586 g/mol. The molecule has 4 rings (SSSR count). The summed E-state index contributed by atoms with van der Waals surface area (Å²) in [7, 11) is 2.74. The fourth-order valence-corrected chi connectivity index (χ4v) is 4.47. The van der Waals surface area contributed by atoms with Crippen LogP contribution < -0.4 is 11.1 Å². The van der Waals surface area contributed by atoms with E-state index in [4.69, 9.17) is 22.1 Å². The van der Waals surface area contributed by atoms with Crippen molar-refractivity contribution in [1.29, 1.82) is 0 Å². The van der Waals surface area contributed by atoms with E-state index in [-0.39, 0.29) is 17.8 Å². The SMILES string of the molecule is COC(=O)c1ccc(-c2ccc(N)cc2C)cc1.COC(=O)c1ccc(-c2ccc(NC(=O)CCCCl)cc2C)cc1. The Hall–Kier alpha value is -4.62. The minimum absolute atomic E-state index is 0.0368. The zero-order chi connectivity index (χ0) is 30.6. The predicted octanol–water partition coefficient (Wildman–Crippen LogP) is 7.44. The molecule has 0 spiro atoms. The molecule has 42 heavy (non-hydrogen) atoms. The minimum Gasteiger partial charge on any atom is -0.465 e. The highest BCUT2D eigenvalue weighted by molar-refractivity contribution is 6.18. The Morgan fingerprint density at radius 1 is 0.714 bits per heavy atom. The molecule has 0 saturated carbocycles. The van der Waals surface area contributed by atoms with Gasteiger partial charge in [-0.1, -0.05) is 36.4 Å². The van der Waals surface area contributed by atoms with E-state index >= 15 is 0 Å². The number of halogens is 1. The minimum atomic E-state index is -0.353. The predicted molar refractivity (Wildman–Crippen MR) is 169 cm³/mol. The number of nitrogens with two attached hydrogens (primary N) is 1. The van der Waals surface area contributed by atoms with Crippen molar-refractivity contribution < 1.29 is 23.9 Å². The summed E-state index contributed by atoms with van der Waals surface area (Å²) in [5.41, 5.74) is 14.7. The molecule has 218 valence electrons. The Morgan fingerprint density at radius 2 is 1.19 bits per heavy atom. The number of nitrogen functional groups attached to an aromatic ring is 1. The molecule has 0 unspecified atom stereocenters. The first-order valence-corrected chi connectivity index (χ1v) is 13.9. The van der Waals surface area contributed by atoms with Crippen molar-refractivity contribution in [2.24, 2.45) is 0 Å². The van der Waals surface area contributed by atoms with Crippen LogP contribution in [-0.4, -0.2) is 37.9 Å². The van der Waals surface area contributed by atoms with Gasteiger partial charge in [0.2, 0.25) is 5.91 Å². The molecule has 0 saturated heterocycles. The number of carbonyl (C=O) groups is 3. The molecular weight excluding hydrogens is 552 g/mol. The van der Waals surface area contributed by atoms with E-state index in [2.05, 4.69) is 10.1 Å². The quantitative estimate of drug-likeness (QED) is 0.126. The summed E-state index contributed by atoms with van der Waals surface area (Å²) in [5, 5.41) is 2.87. The van der Waals surface area contributed by atoms with Gasteiger partial charge in [0.25, 0.3) is 0 Å². The van der Waals surface area contributed by atoms with Crippen LogP contribution in [0.1, 0.15) is 44.7 Å². The Labute approximate surface area is 251 Å². The second-order valence-electron chi connectivity index (χ2n) is 9.58. The smallest absolute Gasteiger partial charge is 0.337 e. The molecule has 0 aliphatic heterocycles. The number of benzene rings is 4. The van der Waals surface area contributed by atoms with Gasteiger partial charge in [0.15, 0.2) is 0 Å². The average molecular weight is 587 g/mol. The molecule has 3 N–H and O–H groups in total. The summed E-state index contributed by atoms with van der Waals surface area (Å²) in [6.45, 7) is 4.00. The van der Waals surface area contributed by atoms with Crippen molar-refractivity contribution in [1.82, 2.24) is 0 Å². The second-order valence-corrected chi connectivity index (χ2v) is 9.96. The van der Waals surface area contributed by atoms with Crippen molar-refractivity contribution >= 4 is 40.8 Å². The van der Waals surface area contributed by atoms with Crippen LogP contribution >= 0.6 is 11.6 Å². The summed E-state index contributed by atoms with van der Waals surface area (Å²) in [6, 6.07) is 26.1. The fourth-order valence-electron chi connectivity index (χ4n) is 4.33. The Kier molecular flexibility index (Phi) is 11.7. The van der Waals surface area contributed by atoms with Crippen LogP contribution in [0, 0.1) is 13.8 Å². The number of ether oxygens (including phenoxy) is 2. The molecule has 0 bridgehead atoms. The fraction of sp³-hybridized carbons (Fsp3) is 0.206. The van der Waals surface area contributed by atoms with Gasteiger partial charge < -0.3 is 20.5 Å². The van der Waals surface area contributed by atoms with Crippen LogP contribution in [0.15, 0.2) is 84.9 Å². The number of hydrogen-bond acceptors (Lipinski definition) is 6. The van der Waals surface area contributed by atoms with Gasteiger partial charge in [0.1, 0.15) is 0 Å². The molecule has 4 aromatic rings. The summed E-state index contributed by atoms with van der Waals surface area (Å²) < 4.78 is 9.36. The van der Waals surface area contributed by atoms with Crippen molar-refractivity contribution in [2.45, 2.75) is 26.7 Å². The summed E-state index contributed by atoms with van der Waals surface area (Å²) in [4.78, 5) is 34.6. The van der Waals surface area contributed by atoms with E-state index in [1.54, 1.807) is 24.3 Å². The van der Waals surface area contributed by atoms with Crippen LogP contribution in [0.25, 0.3) is 22.3 Å². The molecule has 7 nitrogen and oxygen atoms in total. The highest BCUT2D eigenvalue weighted by atomic mass is 35.5. The molecule has 0 atom stereocenters. The highest BCUT2D eigenvalue weighted by Gasteiger charge is 2.09. The summed E-state index contributed by atoms with van der Waals surface area (Å²) in [5.74, 6) is -0.235. The first-order chi connectivity index (χ1) is 20.2. The first kappa shape index (κ1) is 31.9. The molecule has 0 aromatic heterocycles. The van der Waals surface area contributed by atoms with Gasteiger partial charge >= 0.3 is 11.9 Å². The number of hydrogen-bond donors (Lipinski definition) is 2.